The van der Waals surface area contributed by atoms with E-state index in [9.17, 15) is 24.0 Å². The topological polar surface area (TPSA) is 167 Å². The van der Waals surface area contributed by atoms with Gasteiger partial charge >= 0.3 is 13.7 Å². The van der Waals surface area contributed by atoms with E-state index in [1.54, 1.807) is 36.4 Å². The molecule has 230 valence electrons. The molecule has 42 heavy (non-hydrogen) atoms. The third-order valence-corrected chi connectivity index (χ3v) is 8.69. The number of hydrogen-bond acceptors (Lipinski definition) is 10. The Balaban J connectivity index is 1.51. The fourth-order valence-corrected chi connectivity index (χ4v) is 6.21. The van der Waals surface area contributed by atoms with Crippen molar-refractivity contribution in [3.8, 4) is 5.75 Å². The second-order valence-corrected chi connectivity index (χ2v) is 12.0. The first-order chi connectivity index (χ1) is 20.1. The van der Waals surface area contributed by atoms with Gasteiger partial charge in [-0.05, 0) is 43.7 Å². The van der Waals surface area contributed by atoms with Gasteiger partial charge in [0.25, 0.3) is 0 Å². The number of aromatic nitrogens is 2. The smallest absolute Gasteiger partial charge is 0.459 e. The van der Waals surface area contributed by atoms with Crippen LogP contribution in [0.15, 0.2) is 54.7 Å². The monoisotopic (exact) mass is 608 g/mol. The van der Waals surface area contributed by atoms with Gasteiger partial charge in [0, 0.05) is 6.20 Å². The van der Waals surface area contributed by atoms with Crippen LogP contribution in [0, 0.1) is 0 Å². The van der Waals surface area contributed by atoms with E-state index in [0.717, 1.165) is 19.3 Å². The molecule has 14 heteroatoms. The van der Waals surface area contributed by atoms with Crippen LogP contribution in [-0.2, 0) is 23.4 Å². The Morgan fingerprint density at radius 2 is 1.98 bits per heavy atom. The van der Waals surface area contributed by atoms with Crippen molar-refractivity contribution in [1.82, 2.24) is 14.7 Å². The minimum atomic E-state index is -4.41. The third-order valence-electron chi connectivity index (χ3n) is 7.06. The number of alkyl halides is 1. The van der Waals surface area contributed by atoms with Gasteiger partial charge in [0.05, 0.1) is 30.1 Å². The highest BCUT2D eigenvalue weighted by atomic mass is 31.2. The van der Waals surface area contributed by atoms with Crippen LogP contribution in [0.1, 0.15) is 51.3 Å². The van der Waals surface area contributed by atoms with E-state index in [1.807, 2.05) is 0 Å². The molecule has 0 aliphatic carbocycles. The molecule has 0 amide bonds. The first-order valence-corrected chi connectivity index (χ1v) is 15.4. The standard InChI is InChI=1S/C28H38FN4O8P/c1-3-4-5-9-16-38-27(36)19(2)32-42(37,41-20-10-7-6-8-11-20)39-18-28(17-29)26(35)24(34)25(40-28)23-13-12-22-21(30)14-15-31-33(22)23/h6-8,10-15,19,24-26,34-35H,3-5,9,16-18,30H2,1-2H3,(H,32,37)/t19-,24-,25-,26-,28+,42-/m0/s1. The molecule has 12 nitrogen and oxygen atoms in total. The van der Waals surface area contributed by atoms with Gasteiger partial charge in [0.15, 0.2) is 0 Å². The number of fused-ring (bicyclic) bond motifs is 1. The zero-order valence-electron chi connectivity index (χ0n) is 23.6. The predicted octanol–water partition coefficient (Wildman–Crippen LogP) is 3.72. The molecule has 1 aliphatic rings. The Morgan fingerprint density at radius 1 is 1.21 bits per heavy atom. The summed E-state index contributed by atoms with van der Waals surface area (Å²) in [5.74, 6) is -0.524. The number of aliphatic hydroxyl groups excluding tert-OH is 2. The zero-order valence-corrected chi connectivity index (χ0v) is 24.5. The molecule has 1 saturated heterocycles. The van der Waals surface area contributed by atoms with Crippen LogP contribution in [0.3, 0.4) is 0 Å². The number of carbonyl (C=O) groups excluding carboxylic acids is 1. The number of nitrogens with one attached hydrogen (secondary N) is 1. The molecule has 0 saturated carbocycles. The van der Waals surface area contributed by atoms with Crippen LogP contribution >= 0.6 is 7.75 Å². The molecule has 2 aromatic heterocycles. The first kappa shape index (κ1) is 31.9. The summed E-state index contributed by atoms with van der Waals surface area (Å²) in [6.45, 7) is 1.60. The Morgan fingerprint density at radius 3 is 2.69 bits per heavy atom. The third kappa shape index (κ3) is 7.11. The number of nitrogen functional groups attached to an aromatic ring is 1. The Hall–Kier alpha value is -3.06. The normalized spacial score (nSPS) is 24.4. The van der Waals surface area contributed by atoms with Crippen LogP contribution in [0.25, 0.3) is 5.52 Å². The summed E-state index contributed by atoms with van der Waals surface area (Å²) < 4.78 is 52.4. The van der Waals surface area contributed by atoms with Crippen LogP contribution in [-0.4, -0.2) is 69.5 Å². The maximum Gasteiger partial charge on any atom is 0.459 e. The molecule has 5 N–H and O–H groups in total. The van der Waals surface area contributed by atoms with Crippen molar-refractivity contribution >= 4 is 24.9 Å². The first-order valence-electron chi connectivity index (χ1n) is 13.9. The minimum Gasteiger partial charge on any atom is -0.465 e. The Bertz CT molecular complexity index is 1380. The molecule has 3 aromatic rings. The minimum absolute atomic E-state index is 0.150. The summed E-state index contributed by atoms with van der Waals surface area (Å²) in [6, 6.07) is 11.8. The van der Waals surface area contributed by atoms with Gasteiger partial charge in [-0.15, -0.1) is 0 Å². The molecule has 6 atom stereocenters. The lowest BCUT2D eigenvalue weighted by molar-refractivity contribution is -0.145. The summed E-state index contributed by atoms with van der Waals surface area (Å²) in [5, 5.41) is 28.6. The summed E-state index contributed by atoms with van der Waals surface area (Å²) in [6.07, 6.45) is 0.516. The molecule has 0 bridgehead atoms. The van der Waals surface area contributed by atoms with Gasteiger partial charge in [-0.25, -0.2) is 13.5 Å². The number of rotatable bonds is 15. The maximum absolute atomic E-state index is 14.6. The number of anilines is 1. The van der Waals surface area contributed by atoms with Crippen molar-refractivity contribution < 1.29 is 42.5 Å². The lowest BCUT2D eigenvalue weighted by Crippen LogP contribution is -2.49. The molecule has 3 heterocycles. The van der Waals surface area contributed by atoms with E-state index < -0.39 is 57.0 Å². The van der Waals surface area contributed by atoms with Gasteiger partial charge in [-0.3, -0.25) is 9.32 Å². The van der Waals surface area contributed by atoms with Crippen molar-refractivity contribution in [2.24, 2.45) is 0 Å². The van der Waals surface area contributed by atoms with E-state index in [1.165, 1.54) is 29.8 Å². The quantitative estimate of drug-likeness (QED) is 0.113. The van der Waals surface area contributed by atoms with E-state index >= 15 is 0 Å². The highest BCUT2D eigenvalue weighted by Gasteiger charge is 2.57. The number of benzene rings is 1. The molecule has 1 aromatic carbocycles. The van der Waals surface area contributed by atoms with Gasteiger partial charge in [-0.2, -0.15) is 10.2 Å². The summed E-state index contributed by atoms with van der Waals surface area (Å²) in [7, 11) is -4.41. The van der Waals surface area contributed by atoms with E-state index in [2.05, 4.69) is 17.1 Å². The lowest BCUT2D eigenvalue weighted by atomic mass is 9.96. The SMILES string of the molecule is CCCCCCOC(=O)[C@H](C)N[P@](=O)(OC[C@@]1(CF)O[C@@H](c2ccc3c(N)ccnn23)[C@H](O)[C@@H]1O)Oc1ccccc1. The summed E-state index contributed by atoms with van der Waals surface area (Å²) in [4.78, 5) is 12.6. The number of ether oxygens (including phenoxy) is 2. The van der Waals surface area contributed by atoms with Crippen LogP contribution in [0.4, 0.5) is 10.1 Å². The maximum atomic E-state index is 14.6. The Labute approximate surface area is 243 Å². The number of nitrogens with zero attached hydrogens (tertiary/aromatic N) is 2. The van der Waals surface area contributed by atoms with Crippen molar-refractivity contribution in [3.63, 3.8) is 0 Å². The summed E-state index contributed by atoms with van der Waals surface area (Å²) in [5.41, 5.74) is 5.13. The molecular weight excluding hydrogens is 570 g/mol. The van der Waals surface area contributed by atoms with Gasteiger partial charge in [0.2, 0.25) is 0 Å². The number of esters is 1. The van der Waals surface area contributed by atoms with Gasteiger partial charge in [-0.1, -0.05) is 44.4 Å². The predicted molar refractivity (Wildman–Crippen MR) is 152 cm³/mol. The number of para-hydroxylation sites is 1. The van der Waals surface area contributed by atoms with E-state index in [0.29, 0.717) is 23.3 Å². The largest absolute Gasteiger partial charge is 0.465 e. The van der Waals surface area contributed by atoms with Gasteiger partial charge in [0.1, 0.15) is 42.4 Å². The number of unbranched alkanes of at least 4 members (excludes halogenated alkanes) is 3. The van der Waals surface area contributed by atoms with Gasteiger partial charge < -0.3 is 29.9 Å². The molecule has 1 fully saturated rings. The highest BCUT2D eigenvalue weighted by molar-refractivity contribution is 7.52. The van der Waals surface area contributed by atoms with Crippen LogP contribution in [0.5, 0.6) is 5.75 Å². The molecular formula is C28H38FN4O8P. The fraction of sp³-hybridized carbons (Fsp3) is 0.500. The zero-order chi connectivity index (χ0) is 30.3. The number of hydrogen-bond donors (Lipinski definition) is 4. The van der Waals surface area contributed by atoms with E-state index in [-0.39, 0.29) is 12.4 Å². The van der Waals surface area contributed by atoms with E-state index in [4.69, 9.17) is 24.3 Å². The summed E-state index contributed by atoms with van der Waals surface area (Å²) >= 11 is 0. The van der Waals surface area contributed by atoms with Crippen LogP contribution in [0.2, 0.25) is 0 Å². The second-order valence-electron chi connectivity index (χ2n) is 10.3. The highest BCUT2D eigenvalue weighted by Crippen LogP contribution is 2.48. The number of nitrogens with two attached hydrogens (primary N) is 1. The van der Waals surface area contributed by atoms with Crippen molar-refractivity contribution in [3.05, 3.63) is 60.4 Å². The number of aliphatic hydroxyl groups is 2. The fourth-order valence-electron chi connectivity index (χ4n) is 4.67. The van der Waals surface area contributed by atoms with Crippen molar-refractivity contribution in [2.75, 3.05) is 25.6 Å². The number of carbonyl (C=O) groups is 1. The molecule has 1 aliphatic heterocycles. The number of halogens is 1. The van der Waals surface area contributed by atoms with Crippen molar-refractivity contribution in [1.29, 1.82) is 0 Å². The average molecular weight is 609 g/mol. The molecule has 0 unspecified atom stereocenters. The Kier molecular flexibility index (Phi) is 10.6. The second kappa shape index (κ2) is 13.9. The average Bonchev–Trinajstić information content (AvgIpc) is 3.52. The van der Waals surface area contributed by atoms with Crippen LogP contribution < -0.4 is 15.3 Å². The molecule has 0 spiro atoms. The molecule has 4 rings (SSSR count). The lowest BCUT2D eigenvalue weighted by Gasteiger charge is -2.31. The van der Waals surface area contributed by atoms with Crippen molar-refractivity contribution in [2.45, 2.75) is 69.5 Å². The molecule has 0 radical (unpaired) electrons.